The summed E-state index contributed by atoms with van der Waals surface area (Å²) in [6.45, 7) is 5.20. The molecule has 0 bridgehead atoms. The molecule has 2 rings (SSSR count). The van der Waals surface area contributed by atoms with Gasteiger partial charge < -0.3 is 10.1 Å². The highest BCUT2D eigenvalue weighted by Crippen LogP contribution is 2.22. The summed E-state index contributed by atoms with van der Waals surface area (Å²) in [4.78, 5) is 4.44. The Morgan fingerprint density at radius 2 is 2.25 bits per heavy atom. The van der Waals surface area contributed by atoms with Gasteiger partial charge in [0.2, 0.25) is 0 Å². The van der Waals surface area contributed by atoms with Crippen LogP contribution in [-0.4, -0.2) is 11.0 Å². The van der Waals surface area contributed by atoms with Crippen molar-refractivity contribution in [3.63, 3.8) is 0 Å². The number of nitrogens with zero attached hydrogens (tertiary/aromatic N) is 1. The molecular weight excluding hydrogens is 343 g/mol. The molecule has 0 atom stereocenters. The van der Waals surface area contributed by atoms with Crippen LogP contribution in [0.4, 0.5) is 4.39 Å². The standard InChI is InChI=1S/C14H16BrFN2OS/c1-9(2)17-6-14-18-11(8-20-14)7-19-13-4-3-10(15)5-12(13)16/h3-5,8-9,17H,6-7H2,1-2H3. The summed E-state index contributed by atoms with van der Waals surface area (Å²) in [5.41, 5.74) is 0.817. The molecule has 3 nitrogen and oxygen atoms in total. The van der Waals surface area contributed by atoms with Crippen molar-refractivity contribution in [2.75, 3.05) is 0 Å². The Labute approximate surface area is 130 Å². The van der Waals surface area contributed by atoms with E-state index in [9.17, 15) is 4.39 Å². The lowest BCUT2D eigenvalue weighted by atomic mass is 10.3. The van der Waals surface area contributed by atoms with Crippen molar-refractivity contribution < 1.29 is 9.13 Å². The van der Waals surface area contributed by atoms with Gasteiger partial charge in [0.15, 0.2) is 11.6 Å². The van der Waals surface area contributed by atoms with E-state index >= 15 is 0 Å². The number of ether oxygens (including phenoxy) is 1. The number of thiazole rings is 1. The van der Waals surface area contributed by atoms with Crippen LogP contribution in [0.3, 0.4) is 0 Å². The Morgan fingerprint density at radius 3 is 2.95 bits per heavy atom. The molecule has 1 N–H and O–H groups in total. The van der Waals surface area contributed by atoms with Crippen LogP contribution < -0.4 is 10.1 Å². The van der Waals surface area contributed by atoms with Gasteiger partial charge in [0, 0.05) is 22.4 Å². The molecule has 20 heavy (non-hydrogen) atoms. The van der Waals surface area contributed by atoms with Crippen molar-refractivity contribution in [3.8, 4) is 5.75 Å². The van der Waals surface area contributed by atoms with Crippen LogP contribution in [0.25, 0.3) is 0 Å². The number of hydrogen-bond donors (Lipinski definition) is 1. The Morgan fingerprint density at radius 1 is 1.45 bits per heavy atom. The van der Waals surface area contributed by atoms with E-state index in [0.29, 0.717) is 10.5 Å². The molecule has 2 aromatic rings. The Bertz CT molecular complexity index is 574. The molecule has 0 unspecified atom stereocenters. The van der Waals surface area contributed by atoms with Crippen LogP contribution >= 0.6 is 27.3 Å². The van der Waals surface area contributed by atoms with Crippen molar-refractivity contribution in [1.29, 1.82) is 0 Å². The summed E-state index contributed by atoms with van der Waals surface area (Å²) in [7, 11) is 0. The lowest BCUT2D eigenvalue weighted by molar-refractivity contribution is 0.286. The van der Waals surface area contributed by atoms with Gasteiger partial charge in [0.1, 0.15) is 11.6 Å². The van der Waals surface area contributed by atoms with Crippen molar-refractivity contribution in [3.05, 3.63) is 44.6 Å². The third-order valence-corrected chi connectivity index (χ3v) is 3.92. The van der Waals surface area contributed by atoms with E-state index in [1.165, 1.54) is 6.07 Å². The van der Waals surface area contributed by atoms with E-state index in [-0.39, 0.29) is 18.2 Å². The molecule has 108 valence electrons. The number of benzene rings is 1. The van der Waals surface area contributed by atoms with E-state index < -0.39 is 0 Å². The molecule has 0 radical (unpaired) electrons. The quantitative estimate of drug-likeness (QED) is 0.843. The summed E-state index contributed by atoms with van der Waals surface area (Å²) < 4.78 is 19.7. The molecule has 0 fully saturated rings. The minimum Gasteiger partial charge on any atom is -0.484 e. The first-order valence-electron chi connectivity index (χ1n) is 6.29. The number of rotatable bonds is 6. The SMILES string of the molecule is CC(C)NCc1nc(COc2ccc(Br)cc2F)cs1. The fourth-order valence-electron chi connectivity index (χ4n) is 1.53. The van der Waals surface area contributed by atoms with Crippen LogP contribution in [0.1, 0.15) is 24.5 Å². The minimum absolute atomic E-state index is 0.239. The molecule has 0 aliphatic carbocycles. The van der Waals surface area contributed by atoms with Gasteiger partial charge in [0.05, 0.1) is 5.69 Å². The number of hydrogen-bond acceptors (Lipinski definition) is 4. The molecule has 0 saturated heterocycles. The highest BCUT2D eigenvalue weighted by Gasteiger charge is 2.07. The molecule has 1 aromatic carbocycles. The van der Waals surface area contributed by atoms with E-state index in [4.69, 9.17) is 4.74 Å². The summed E-state index contributed by atoms with van der Waals surface area (Å²) in [6.07, 6.45) is 0. The fourth-order valence-corrected chi connectivity index (χ4v) is 2.59. The summed E-state index contributed by atoms with van der Waals surface area (Å²) in [5, 5.41) is 6.25. The third-order valence-electron chi connectivity index (χ3n) is 2.53. The van der Waals surface area contributed by atoms with Gasteiger partial charge in [-0.25, -0.2) is 9.37 Å². The summed E-state index contributed by atoms with van der Waals surface area (Å²) in [5.74, 6) is -0.139. The first-order chi connectivity index (χ1) is 9.54. The van der Waals surface area contributed by atoms with Crippen LogP contribution in [0.5, 0.6) is 5.75 Å². The lowest BCUT2D eigenvalue weighted by Gasteiger charge is -2.06. The molecule has 0 aliphatic rings. The Hall–Kier alpha value is -0.980. The van der Waals surface area contributed by atoms with Crippen molar-refractivity contribution in [2.24, 2.45) is 0 Å². The Kier molecular flexibility index (Phi) is 5.51. The summed E-state index contributed by atoms with van der Waals surface area (Å²) in [6, 6.07) is 5.16. The maximum Gasteiger partial charge on any atom is 0.166 e. The van der Waals surface area contributed by atoms with E-state index in [2.05, 4.69) is 40.1 Å². The van der Waals surface area contributed by atoms with Gasteiger partial charge in [0.25, 0.3) is 0 Å². The van der Waals surface area contributed by atoms with E-state index in [0.717, 1.165) is 17.2 Å². The van der Waals surface area contributed by atoms with Gasteiger partial charge in [-0.05, 0) is 18.2 Å². The second-order valence-electron chi connectivity index (χ2n) is 4.63. The molecule has 0 amide bonds. The van der Waals surface area contributed by atoms with Crippen LogP contribution in [0.15, 0.2) is 28.1 Å². The predicted octanol–water partition coefficient (Wildman–Crippen LogP) is 4.12. The molecule has 1 aromatic heterocycles. The predicted molar refractivity (Wildman–Crippen MR) is 82.5 cm³/mol. The van der Waals surface area contributed by atoms with E-state index in [1.54, 1.807) is 23.5 Å². The zero-order chi connectivity index (χ0) is 14.5. The fraction of sp³-hybridized carbons (Fsp3) is 0.357. The monoisotopic (exact) mass is 358 g/mol. The van der Waals surface area contributed by atoms with Crippen molar-refractivity contribution in [2.45, 2.75) is 33.0 Å². The van der Waals surface area contributed by atoms with Gasteiger partial charge in [-0.2, -0.15) is 0 Å². The van der Waals surface area contributed by atoms with Crippen LogP contribution in [-0.2, 0) is 13.2 Å². The maximum absolute atomic E-state index is 13.6. The van der Waals surface area contributed by atoms with Crippen LogP contribution in [0.2, 0.25) is 0 Å². The van der Waals surface area contributed by atoms with Gasteiger partial charge in [-0.15, -0.1) is 11.3 Å². The summed E-state index contributed by atoms with van der Waals surface area (Å²) >= 11 is 4.79. The van der Waals surface area contributed by atoms with Gasteiger partial charge in [-0.1, -0.05) is 29.8 Å². The largest absolute Gasteiger partial charge is 0.484 e. The molecule has 0 aliphatic heterocycles. The first-order valence-corrected chi connectivity index (χ1v) is 7.96. The average molecular weight is 359 g/mol. The molecule has 0 spiro atoms. The zero-order valence-electron chi connectivity index (χ0n) is 11.3. The lowest BCUT2D eigenvalue weighted by Crippen LogP contribution is -2.21. The molecule has 6 heteroatoms. The molecule has 0 saturated carbocycles. The third kappa shape index (κ3) is 4.54. The Balaban J connectivity index is 1.90. The average Bonchev–Trinajstić information content (AvgIpc) is 2.83. The second-order valence-corrected chi connectivity index (χ2v) is 6.49. The normalized spacial score (nSPS) is 11.1. The van der Waals surface area contributed by atoms with Gasteiger partial charge in [-0.3, -0.25) is 0 Å². The highest BCUT2D eigenvalue weighted by atomic mass is 79.9. The topological polar surface area (TPSA) is 34.2 Å². The maximum atomic E-state index is 13.6. The molecule has 1 heterocycles. The highest BCUT2D eigenvalue weighted by molar-refractivity contribution is 9.10. The first kappa shape index (κ1) is 15.4. The zero-order valence-corrected chi connectivity index (χ0v) is 13.7. The van der Waals surface area contributed by atoms with Crippen molar-refractivity contribution in [1.82, 2.24) is 10.3 Å². The second kappa shape index (κ2) is 7.15. The van der Waals surface area contributed by atoms with Gasteiger partial charge >= 0.3 is 0 Å². The molecular formula is C14H16BrFN2OS. The smallest absolute Gasteiger partial charge is 0.166 e. The van der Waals surface area contributed by atoms with E-state index in [1.807, 2.05) is 5.38 Å². The number of aromatic nitrogens is 1. The number of nitrogens with one attached hydrogen (secondary N) is 1. The minimum atomic E-state index is -0.378. The number of halogens is 2. The van der Waals surface area contributed by atoms with Crippen LogP contribution in [0, 0.1) is 5.82 Å². The van der Waals surface area contributed by atoms with Crippen molar-refractivity contribution >= 4 is 27.3 Å².